The number of nitrogens with zero attached hydrogens (tertiary/aromatic N) is 2. The van der Waals surface area contributed by atoms with E-state index in [-0.39, 0.29) is 0 Å². The Morgan fingerprint density at radius 2 is 2.11 bits per heavy atom. The molecule has 0 radical (unpaired) electrons. The van der Waals surface area contributed by atoms with Gasteiger partial charge in [-0.05, 0) is 0 Å². The number of aromatic nitrogens is 1. The molecule has 0 aliphatic rings. The summed E-state index contributed by atoms with van der Waals surface area (Å²) in [6.45, 7) is 0. The van der Waals surface area contributed by atoms with Crippen LogP contribution in [0, 0.1) is 10.1 Å². The monoisotopic (exact) mass is 282 g/mol. The largest absolute Gasteiger partial charge is 0.573 e. The van der Waals surface area contributed by atoms with E-state index in [2.05, 4.69) is 14.5 Å². The number of pyridine rings is 1. The van der Waals surface area contributed by atoms with Crippen LogP contribution in [0.15, 0.2) is 6.20 Å². The van der Waals surface area contributed by atoms with Crippen molar-refractivity contribution in [1.82, 2.24) is 4.98 Å². The van der Waals surface area contributed by atoms with Crippen molar-refractivity contribution >= 4 is 11.7 Å². The van der Waals surface area contributed by atoms with Gasteiger partial charge in [-0.1, -0.05) is 0 Å². The van der Waals surface area contributed by atoms with Crippen LogP contribution in [0.1, 0.15) is 10.4 Å². The van der Waals surface area contributed by atoms with Crippen molar-refractivity contribution in [2.45, 2.75) is 6.36 Å². The number of alkyl halides is 3. The van der Waals surface area contributed by atoms with E-state index in [4.69, 9.17) is 5.11 Å². The van der Waals surface area contributed by atoms with Gasteiger partial charge >= 0.3 is 18.0 Å². The van der Waals surface area contributed by atoms with Crippen molar-refractivity contribution in [2.75, 3.05) is 7.11 Å². The molecule has 0 spiro atoms. The van der Waals surface area contributed by atoms with E-state index >= 15 is 0 Å². The van der Waals surface area contributed by atoms with Gasteiger partial charge in [0.2, 0.25) is 17.2 Å². The molecule has 0 atom stereocenters. The minimum Gasteiger partial charge on any atom is -0.480 e. The number of rotatable bonds is 4. The number of hydrogen-bond acceptors (Lipinski definition) is 6. The van der Waals surface area contributed by atoms with Crippen LogP contribution >= 0.6 is 0 Å². The van der Waals surface area contributed by atoms with Crippen LogP contribution in [0.25, 0.3) is 0 Å². The summed E-state index contributed by atoms with van der Waals surface area (Å²) >= 11 is 0. The third kappa shape index (κ3) is 3.20. The van der Waals surface area contributed by atoms with Gasteiger partial charge in [-0.15, -0.1) is 13.2 Å². The summed E-state index contributed by atoms with van der Waals surface area (Å²) in [6.07, 6.45) is -4.87. The molecular formula is C8H5F3N2O6. The number of ether oxygens (including phenoxy) is 2. The van der Waals surface area contributed by atoms with Gasteiger partial charge in [0, 0.05) is 0 Å². The van der Waals surface area contributed by atoms with Crippen molar-refractivity contribution in [3.63, 3.8) is 0 Å². The predicted molar refractivity (Wildman–Crippen MR) is 51.1 cm³/mol. The van der Waals surface area contributed by atoms with Gasteiger partial charge in [-0.25, -0.2) is 9.78 Å². The first kappa shape index (κ1) is 14.5. The van der Waals surface area contributed by atoms with Gasteiger partial charge in [0.25, 0.3) is 0 Å². The van der Waals surface area contributed by atoms with E-state index in [1.54, 1.807) is 0 Å². The van der Waals surface area contributed by atoms with Crippen molar-refractivity contribution < 1.29 is 37.5 Å². The van der Waals surface area contributed by atoms with Crippen molar-refractivity contribution in [1.29, 1.82) is 0 Å². The molecule has 0 amide bonds. The van der Waals surface area contributed by atoms with Gasteiger partial charge in [-0.3, -0.25) is 10.1 Å². The van der Waals surface area contributed by atoms with Gasteiger partial charge in [0.15, 0.2) is 0 Å². The zero-order valence-electron chi connectivity index (χ0n) is 9.09. The Labute approximate surface area is 102 Å². The van der Waals surface area contributed by atoms with Gasteiger partial charge in [-0.2, -0.15) is 0 Å². The number of methoxy groups -OCH3 is 1. The molecule has 1 heterocycles. The lowest BCUT2D eigenvalue weighted by atomic mass is 10.2. The Kier molecular flexibility index (Phi) is 3.77. The van der Waals surface area contributed by atoms with Crippen LogP contribution in [-0.2, 0) is 0 Å². The van der Waals surface area contributed by atoms with Crippen LogP contribution in [0.2, 0.25) is 0 Å². The summed E-state index contributed by atoms with van der Waals surface area (Å²) in [5.41, 5.74) is -2.52. The smallest absolute Gasteiger partial charge is 0.480 e. The fourth-order valence-electron chi connectivity index (χ4n) is 1.20. The van der Waals surface area contributed by atoms with Gasteiger partial charge < -0.3 is 14.6 Å². The highest BCUT2D eigenvalue weighted by Gasteiger charge is 2.38. The van der Waals surface area contributed by atoms with Crippen molar-refractivity contribution in [2.24, 2.45) is 0 Å². The number of halogens is 3. The topological polar surface area (TPSA) is 112 Å². The molecule has 0 saturated heterocycles. The number of carboxylic acid groups (broad SMARTS) is 1. The molecule has 19 heavy (non-hydrogen) atoms. The van der Waals surface area contributed by atoms with E-state index in [9.17, 15) is 28.1 Å². The quantitative estimate of drug-likeness (QED) is 0.659. The lowest BCUT2D eigenvalue weighted by Crippen LogP contribution is -2.19. The minimum absolute atomic E-state index is 0.358. The minimum atomic E-state index is -5.23. The molecule has 1 rings (SSSR count). The third-order valence-electron chi connectivity index (χ3n) is 1.80. The third-order valence-corrected chi connectivity index (χ3v) is 1.80. The Bertz CT molecular complexity index is 530. The fourth-order valence-corrected chi connectivity index (χ4v) is 1.20. The van der Waals surface area contributed by atoms with Gasteiger partial charge in [0.05, 0.1) is 18.2 Å². The van der Waals surface area contributed by atoms with E-state index in [1.807, 2.05) is 0 Å². The second kappa shape index (κ2) is 4.96. The average molecular weight is 282 g/mol. The molecule has 1 N–H and O–H groups in total. The number of carboxylic acids is 1. The Balaban J connectivity index is 3.54. The van der Waals surface area contributed by atoms with E-state index in [0.717, 1.165) is 7.11 Å². The molecule has 8 nitrogen and oxygen atoms in total. The second-order valence-electron chi connectivity index (χ2n) is 2.97. The molecule has 0 aliphatic heterocycles. The summed E-state index contributed by atoms with van der Waals surface area (Å²) < 4.78 is 44.0. The normalized spacial score (nSPS) is 10.9. The number of aromatic carboxylic acids is 1. The highest BCUT2D eigenvalue weighted by molar-refractivity contribution is 5.96. The Morgan fingerprint density at radius 1 is 1.53 bits per heavy atom. The van der Waals surface area contributed by atoms with E-state index < -0.39 is 40.1 Å². The van der Waals surface area contributed by atoms with Crippen LogP contribution < -0.4 is 9.47 Å². The van der Waals surface area contributed by atoms with E-state index in [0.29, 0.717) is 6.20 Å². The second-order valence-corrected chi connectivity index (χ2v) is 2.97. The van der Waals surface area contributed by atoms with Crippen molar-refractivity contribution in [3.05, 3.63) is 21.9 Å². The molecule has 11 heteroatoms. The summed E-state index contributed by atoms with van der Waals surface area (Å²) in [7, 11) is 0.961. The molecule has 0 fully saturated rings. The Morgan fingerprint density at radius 3 is 2.47 bits per heavy atom. The first-order valence-corrected chi connectivity index (χ1v) is 4.37. The lowest BCUT2D eigenvalue weighted by molar-refractivity contribution is -0.389. The van der Waals surface area contributed by atoms with Gasteiger partial charge in [0.1, 0.15) is 0 Å². The molecule has 0 bridgehead atoms. The van der Waals surface area contributed by atoms with Crippen LogP contribution in [0.4, 0.5) is 18.9 Å². The first-order chi connectivity index (χ1) is 8.67. The Hall–Kier alpha value is -2.59. The lowest BCUT2D eigenvalue weighted by Gasteiger charge is -2.11. The summed E-state index contributed by atoms with van der Waals surface area (Å²) in [5, 5.41) is 19.5. The average Bonchev–Trinajstić information content (AvgIpc) is 2.25. The summed E-state index contributed by atoms with van der Waals surface area (Å²) in [6, 6.07) is 0. The fraction of sp³-hybridized carbons (Fsp3) is 0.250. The highest BCUT2D eigenvalue weighted by atomic mass is 19.4. The molecule has 0 unspecified atom stereocenters. The summed E-state index contributed by atoms with van der Waals surface area (Å²) in [4.78, 5) is 23.5. The maximum absolute atomic E-state index is 12.0. The van der Waals surface area contributed by atoms with Crippen molar-refractivity contribution in [3.8, 4) is 11.6 Å². The van der Waals surface area contributed by atoms with Crippen LogP contribution in [-0.4, -0.2) is 34.5 Å². The SMILES string of the molecule is COc1ncc(OC(F)(F)F)c([N+](=O)[O-])c1C(=O)O. The maximum atomic E-state index is 12.0. The number of nitro groups is 1. The van der Waals surface area contributed by atoms with Crippen LogP contribution in [0.5, 0.6) is 11.6 Å². The molecule has 0 aliphatic carbocycles. The zero-order valence-corrected chi connectivity index (χ0v) is 9.09. The molecule has 1 aromatic heterocycles. The predicted octanol–water partition coefficient (Wildman–Crippen LogP) is 1.60. The van der Waals surface area contributed by atoms with E-state index in [1.165, 1.54) is 0 Å². The molecule has 0 aromatic carbocycles. The number of carbonyl (C=O) groups is 1. The molecular weight excluding hydrogens is 277 g/mol. The highest BCUT2D eigenvalue weighted by Crippen LogP contribution is 2.37. The van der Waals surface area contributed by atoms with Crippen LogP contribution in [0.3, 0.4) is 0 Å². The molecule has 104 valence electrons. The summed E-state index contributed by atoms with van der Waals surface area (Å²) in [5.74, 6) is -3.91. The standard InChI is InChI=1S/C8H5F3N2O6/c1-18-6-4(7(14)15)5(13(16)17)3(2-12-6)19-8(9,10)11/h2H,1H3,(H,14,15). The number of hydrogen-bond donors (Lipinski definition) is 1. The maximum Gasteiger partial charge on any atom is 0.573 e. The first-order valence-electron chi connectivity index (χ1n) is 4.37. The molecule has 0 saturated carbocycles. The molecule has 1 aromatic rings. The zero-order chi connectivity index (χ0) is 14.8.